The largest absolute Gasteiger partial charge is 0.457 e. The van der Waals surface area contributed by atoms with Crippen LogP contribution in [0.25, 0.3) is 0 Å². The minimum absolute atomic E-state index is 0.0850. The zero-order valence-corrected chi connectivity index (χ0v) is 23.5. The Morgan fingerprint density at radius 2 is 1.38 bits per heavy atom. The van der Waals surface area contributed by atoms with Crippen molar-refractivity contribution in [2.75, 3.05) is 13.2 Å². The minimum atomic E-state index is -3.13. The standard InChI is InChI=1S/C32H34NO6P/c1-4-20-39-32(38)31(33-29(22(2)27(36)21-34)28(23(3)35)30(33)37)40(24-14-8-5-9-15-24,25-16-10-6-11-17-25)26-18-12-7-13-19-26/h4-19,22-23,28-29,34-35H,1,20-21H2,2-3H3/t22-,23+,28+,29+/m0/s1. The number of amides is 1. The molecule has 0 saturated carbocycles. The summed E-state index contributed by atoms with van der Waals surface area (Å²) in [5.74, 6) is -3.47. The van der Waals surface area contributed by atoms with E-state index in [1.54, 1.807) is 6.92 Å². The number of aliphatic hydroxyl groups excluding tert-OH is 2. The van der Waals surface area contributed by atoms with E-state index in [0.29, 0.717) is 0 Å². The number of carbonyl (C=O) groups excluding carboxylic acids is 3. The summed E-state index contributed by atoms with van der Waals surface area (Å²) in [5.41, 5.74) is 0.113. The van der Waals surface area contributed by atoms with Crippen LogP contribution in [0.4, 0.5) is 0 Å². The maximum absolute atomic E-state index is 14.3. The van der Waals surface area contributed by atoms with Crippen molar-refractivity contribution in [1.29, 1.82) is 0 Å². The smallest absolute Gasteiger partial charge is 0.356 e. The molecule has 7 nitrogen and oxygen atoms in total. The number of Topliss-reactive ketones (excluding diaryl/α,β-unsaturated/α-hetero) is 1. The van der Waals surface area contributed by atoms with Gasteiger partial charge >= 0.3 is 5.97 Å². The third-order valence-corrected chi connectivity index (χ3v) is 11.6. The Bertz CT molecular complexity index is 1320. The van der Waals surface area contributed by atoms with Gasteiger partial charge in [-0.1, -0.05) is 111 Å². The molecule has 4 atom stereocenters. The maximum Gasteiger partial charge on any atom is 0.356 e. The van der Waals surface area contributed by atoms with Crippen LogP contribution in [0.5, 0.6) is 0 Å². The molecule has 0 unspecified atom stereocenters. The zero-order valence-electron chi connectivity index (χ0n) is 22.6. The number of β-lactam (4-membered cyclic amide) rings is 1. The molecular weight excluding hydrogens is 525 g/mol. The lowest BCUT2D eigenvalue weighted by molar-refractivity contribution is -0.162. The van der Waals surface area contributed by atoms with Crippen LogP contribution in [-0.2, 0) is 19.1 Å². The molecule has 1 amide bonds. The molecule has 3 aromatic carbocycles. The summed E-state index contributed by atoms with van der Waals surface area (Å²) in [5, 5.41) is 22.7. The summed E-state index contributed by atoms with van der Waals surface area (Å²) in [7, 11) is 0. The number of ether oxygens (including phenoxy) is 1. The van der Waals surface area contributed by atoms with Crippen molar-refractivity contribution in [1.82, 2.24) is 4.90 Å². The van der Waals surface area contributed by atoms with Gasteiger partial charge in [0.05, 0.1) is 18.1 Å². The predicted molar refractivity (Wildman–Crippen MR) is 158 cm³/mol. The number of nitrogens with zero attached hydrogens (tertiary/aromatic N) is 1. The number of rotatable bonds is 11. The number of esters is 1. The number of carbonyl (C=O) groups is 3. The van der Waals surface area contributed by atoms with Crippen molar-refractivity contribution in [3.05, 3.63) is 104 Å². The average Bonchev–Trinajstić information content (AvgIpc) is 2.99. The van der Waals surface area contributed by atoms with Crippen molar-refractivity contribution in [2.45, 2.75) is 26.0 Å². The molecule has 40 heavy (non-hydrogen) atoms. The number of likely N-dealkylation sites (tertiary alicyclic amines) is 1. The highest BCUT2D eigenvalue weighted by atomic mass is 31.2. The van der Waals surface area contributed by atoms with Gasteiger partial charge < -0.3 is 19.8 Å². The minimum Gasteiger partial charge on any atom is -0.457 e. The number of hydrogen-bond acceptors (Lipinski definition) is 6. The van der Waals surface area contributed by atoms with Crippen LogP contribution in [0.2, 0.25) is 0 Å². The summed E-state index contributed by atoms with van der Waals surface area (Å²) in [4.78, 5) is 42.4. The first-order valence-electron chi connectivity index (χ1n) is 13.2. The first kappa shape index (κ1) is 29.2. The van der Waals surface area contributed by atoms with Crippen molar-refractivity contribution in [3.63, 3.8) is 0 Å². The van der Waals surface area contributed by atoms with Gasteiger partial charge in [0, 0.05) is 12.8 Å². The highest BCUT2D eigenvalue weighted by Gasteiger charge is 2.57. The van der Waals surface area contributed by atoms with Crippen molar-refractivity contribution >= 4 is 45.9 Å². The SMILES string of the molecule is C=CCOC(=O)C(N1C(=O)[C@H]([C@@H](C)O)[C@H]1[C@@H](C)C(=O)CO)=P(c1ccccc1)(c1ccccc1)c1ccccc1. The van der Waals surface area contributed by atoms with E-state index < -0.39 is 55.1 Å². The van der Waals surface area contributed by atoms with Gasteiger partial charge in [0.25, 0.3) is 0 Å². The number of hydrogen-bond donors (Lipinski definition) is 2. The first-order chi connectivity index (χ1) is 19.3. The molecule has 1 fully saturated rings. The molecular formula is C32H34NO6P. The maximum atomic E-state index is 14.3. The molecule has 1 aliphatic rings. The molecule has 0 aromatic heterocycles. The van der Waals surface area contributed by atoms with Crippen molar-refractivity contribution in [3.8, 4) is 0 Å². The van der Waals surface area contributed by atoms with Crippen molar-refractivity contribution < 1.29 is 29.3 Å². The lowest BCUT2D eigenvalue weighted by atomic mass is 9.75. The molecule has 3 aromatic rings. The van der Waals surface area contributed by atoms with Crippen LogP contribution in [0, 0.1) is 11.8 Å². The van der Waals surface area contributed by atoms with E-state index in [1.165, 1.54) is 17.9 Å². The summed E-state index contributed by atoms with van der Waals surface area (Å²) in [6.07, 6.45) is 0.376. The summed E-state index contributed by atoms with van der Waals surface area (Å²) >= 11 is 0. The van der Waals surface area contributed by atoms with E-state index in [0.717, 1.165) is 15.9 Å². The second-order valence-electron chi connectivity index (χ2n) is 9.77. The van der Waals surface area contributed by atoms with E-state index in [9.17, 15) is 24.6 Å². The monoisotopic (exact) mass is 559 g/mol. The van der Waals surface area contributed by atoms with E-state index in [4.69, 9.17) is 4.74 Å². The summed E-state index contributed by atoms with van der Waals surface area (Å²) in [6, 6.07) is 27.7. The molecule has 1 saturated heterocycles. The fraction of sp³-hybridized carbons (Fsp3) is 0.250. The summed E-state index contributed by atoms with van der Waals surface area (Å²) in [6.45, 7) is 2.83. The van der Waals surface area contributed by atoms with Gasteiger partial charge in [0.1, 0.15) is 18.6 Å². The Balaban J connectivity index is 2.22. The number of aliphatic hydroxyl groups is 2. The topological polar surface area (TPSA) is 104 Å². The van der Waals surface area contributed by atoms with Gasteiger partial charge in [-0.2, -0.15) is 0 Å². The Labute approximate surface area is 234 Å². The Hall–Kier alpha value is -3.77. The van der Waals surface area contributed by atoms with E-state index in [1.807, 2.05) is 91.0 Å². The molecule has 1 aliphatic heterocycles. The lowest BCUT2D eigenvalue weighted by Gasteiger charge is -2.52. The van der Waals surface area contributed by atoms with Gasteiger partial charge in [-0.05, 0) is 22.8 Å². The molecule has 0 radical (unpaired) electrons. The van der Waals surface area contributed by atoms with Gasteiger partial charge in [0.2, 0.25) is 5.91 Å². The zero-order chi connectivity index (χ0) is 28.9. The van der Waals surface area contributed by atoms with E-state index in [2.05, 4.69) is 6.58 Å². The van der Waals surface area contributed by atoms with Crippen LogP contribution < -0.4 is 15.9 Å². The lowest BCUT2D eigenvalue weighted by Crippen LogP contribution is -2.71. The average molecular weight is 560 g/mol. The third kappa shape index (κ3) is 5.08. The molecule has 208 valence electrons. The van der Waals surface area contributed by atoms with Gasteiger partial charge in [-0.25, -0.2) is 4.79 Å². The van der Waals surface area contributed by atoms with Crippen LogP contribution in [0.15, 0.2) is 104 Å². The second kappa shape index (κ2) is 12.6. The van der Waals surface area contributed by atoms with Crippen molar-refractivity contribution in [2.24, 2.45) is 11.8 Å². The quantitative estimate of drug-likeness (QED) is 0.162. The van der Waals surface area contributed by atoms with Crippen LogP contribution in [0.1, 0.15) is 13.8 Å². The molecule has 0 bridgehead atoms. The van der Waals surface area contributed by atoms with Crippen LogP contribution >= 0.6 is 6.89 Å². The predicted octanol–water partition coefficient (Wildman–Crippen LogP) is 2.24. The van der Waals surface area contributed by atoms with Gasteiger partial charge in [-0.15, -0.1) is 0 Å². The summed E-state index contributed by atoms with van der Waals surface area (Å²) < 4.78 is 5.68. The Morgan fingerprint density at radius 1 is 0.925 bits per heavy atom. The van der Waals surface area contributed by atoms with Gasteiger partial charge in [0.15, 0.2) is 5.78 Å². The highest BCUT2D eigenvalue weighted by Crippen LogP contribution is 2.50. The molecule has 2 N–H and O–H groups in total. The molecule has 4 rings (SSSR count). The Morgan fingerprint density at radius 3 is 1.75 bits per heavy atom. The molecule has 0 aliphatic carbocycles. The normalized spacial score (nSPS) is 18.3. The fourth-order valence-electron chi connectivity index (χ4n) is 5.50. The van der Waals surface area contributed by atoms with Crippen LogP contribution in [0.3, 0.4) is 0 Å². The molecule has 8 heteroatoms. The van der Waals surface area contributed by atoms with E-state index in [-0.39, 0.29) is 12.0 Å². The third-order valence-electron chi connectivity index (χ3n) is 7.38. The molecule has 1 heterocycles. The number of ketones is 1. The molecule has 0 spiro atoms. The first-order valence-corrected chi connectivity index (χ1v) is 15.0. The van der Waals surface area contributed by atoms with Gasteiger partial charge in [-0.3, -0.25) is 9.59 Å². The Kier molecular flexibility index (Phi) is 9.21. The second-order valence-corrected chi connectivity index (χ2v) is 13.1. The van der Waals surface area contributed by atoms with Crippen LogP contribution in [-0.4, -0.2) is 63.5 Å². The fourth-order valence-corrected chi connectivity index (χ4v) is 9.88. The van der Waals surface area contributed by atoms with E-state index >= 15 is 0 Å². The number of benzene rings is 3. The highest BCUT2D eigenvalue weighted by molar-refractivity contribution is 7.96.